The summed E-state index contributed by atoms with van der Waals surface area (Å²) >= 11 is 3.13. The summed E-state index contributed by atoms with van der Waals surface area (Å²) in [5.41, 5.74) is 4.55. The first-order valence-electron chi connectivity index (χ1n) is 8.08. The number of nitrogens with zero attached hydrogens (tertiary/aromatic N) is 1. The number of thiazole rings is 1. The number of rotatable bonds is 6. The smallest absolute Gasteiger partial charge is 0.234 e. The van der Waals surface area contributed by atoms with Crippen LogP contribution in [0.2, 0.25) is 0 Å². The molecule has 25 heavy (non-hydrogen) atoms. The second kappa shape index (κ2) is 8.32. The van der Waals surface area contributed by atoms with Gasteiger partial charge in [0.2, 0.25) is 5.91 Å². The lowest BCUT2D eigenvalue weighted by Crippen LogP contribution is -2.13. The Morgan fingerprint density at radius 1 is 1.04 bits per heavy atom. The first-order valence-corrected chi connectivity index (χ1v) is 9.88. The summed E-state index contributed by atoms with van der Waals surface area (Å²) in [4.78, 5) is 17.7. The summed E-state index contributed by atoms with van der Waals surface area (Å²) in [6, 6.07) is 16.4. The maximum Gasteiger partial charge on any atom is 0.234 e. The van der Waals surface area contributed by atoms with Crippen molar-refractivity contribution in [1.82, 2.24) is 4.98 Å². The molecule has 2 aromatic carbocycles. The number of amides is 1. The molecular weight excluding hydrogens is 348 g/mol. The molecule has 5 heteroatoms. The van der Waals surface area contributed by atoms with Crippen molar-refractivity contribution < 1.29 is 4.79 Å². The van der Waals surface area contributed by atoms with Crippen LogP contribution >= 0.6 is 23.1 Å². The maximum atomic E-state index is 12.0. The fourth-order valence-corrected chi connectivity index (χ4v) is 4.17. The number of benzene rings is 2. The van der Waals surface area contributed by atoms with E-state index in [-0.39, 0.29) is 5.91 Å². The molecule has 0 aliphatic carbocycles. The van der Waals surface area contributed by atoms with Crippen molar-refractivity contribution in [3.63, 3.8) is 0 Å². The topological polar surface area (TPSA) is 42.0 Å². The van der Waals surface area contributed by atoms with E-state index < -0.39 is 0 Å². The molecule has 0 fully saturated rings. The van der Waals surface area contributed by atoms with Gasteiger partial charge in [-0.2, -0.15) is 0 Å². The zero-order valence-corrected chi connectivity index (χ0v) is 15.9. The second-order valence-electron chi connectivity index (χ2n) is 5.96. The van der Waals surface area contributed by atoms with Gasteiger partial charge in [0.25, 0.3) is 0 Å². The predicted octanol–water partition coefficient (Wildman–Crippen LogP) is 5.08. The highest BCUT2D eigenvalue weighted by atomic mass is 32.2. The highest BCUT2D eigenvalue weighted by molar-refractivity contribution is 8.01. The molecule has 1 amide bonds. The summed E-state index contributed by atoms with van der Waals surface area (Å²) in [7, 11) is 0. The molecule has 1 N–H and O–H groups in total. The molecule has 0 radical (unpaired) electrons. The van der Waals surface area contributed by atoms with Crippen LogP contribution in [0.3, 0.4) is 0 Å². The molecule has 0 atom stereocenters. The third kappa shape index (κ3) is 5.44. The third-order valence-electron chi connectivity index (χ3n) is 3.69. The number of thioether (sulfide) groups is 1. The second-order valence-corrected chi connectivity index (χ2v) is 8.30. The van der Waals surface area contributed by atoms with E-state index in [4.69, 9.17) is 0 Å². The lowest BCUT2D eigenvalue weighted by molar-refractivity contribution is -0.113. The van der Waals surface area contributed by atoms with Crippen molar-refractivity contribution >= 4 is 34.7 Å². The van der Waals surface area contributed by atoms with Gasteiger partial charge in [0.15, 0.2) is 4.34 Å². The van der Waals surface area contributed by atoms with E-state index in [1.54, 1.807) is 11.3 Å². The average Bonchev–Trinajstić information content (AvgIpc) is 3.05. The van der Waals surface area contributed by atoms with Crippen LogP contribution in [-0.2, 0) is 11.2 Å². The van der Waals surface area contributed by atoms with Gasteiger partial charge in [-0.3, -0.25) is 4.79 Å². The Balaban J connectivity index is 1.50. The molecule has 0 aliphatic rings. The van der Waals surface area contributed by atoms with Crippen molar-refractivity contribution in [3.8, 4) is 0 Å². The van der Waals surface area contributed by atoms with Crippen LogP contribution < -0.4 is 5.32 Å². The fourth-order valence-electron chi connectivity index (χ4n) is 2.31. The van der Waals surface area contributed by atoms with E-state index in [0.29, 0.717) is 5.75 Å². The van der Waals surface area contributed by atoms with E-state index in [1.807, 2.05) is 37.4 Å². The van der Waals surface area contributed by atoms with Gasteiger partial charge < -0.3 is 5.32 Å². The Kier molecular flexibility index (Phi) is 5.89. The third-order valence-corrected chi connectivity index (χ3v) is 5.85. The molecule has 1 aromatic heterocycles. The molecule has 3 rings (SSSR count). The number of nitrogens with one attached hydrogen (secondary N) is 1. The summed E-state index contributed by atoms with van der Waals surface area (Å²) < 4.78 is 0.932. The lowest BCUT2D eigenvalue weighted by atomic mass is 10.1. The van der Waals surface area contributed by atoms with Crippen molar-refractivity contribution in [3.05, 3.63) is 76.3 Å². The molecule has 0 spiro atoms. The highest BCUT2D eigenvalue weighted by Crippen LogP contribution is 2.26. The highest BCUT2D eigenvalue weighted by Gasteiger charge is 2.08. The summed E-state index contributed by atoms with van der Waals surface area (Å²) in [5, 5.41) is 2.91. The van der Waals surface area contributed by atoms with Gasteiger partial charge in [0, 0.05) is 23.2 Å². The Labute approximate surface area is 156 Å². The van der Waals surface area contributed by atoms with Gasteiger partial charge in [-0.1, -0.05) is 59.3 Å². The van der Waals surface area contributed by atoms with E-state index in [9.17, 15) is 4.79 Å². The first-order chi connectivity index (χ1) is 12.1. The lowest BCUT2D eigenvalue weighted by Gasteiger charge is -2.04. The van der Waals surface area contributed by atoms with Gasteiger partial charge in [0.1, 0.15) is 0 Å². The largest absolute Gasteiger partial charge is 0.325 e. The standard InChI is InChI=1S/C20H20N2OS2/c1-14-3-7-16(8-4-14)11-18-12-21-20(25-18)24-13-19(23)22-17-9-5-15(2)6-10-17/h3-10,12H,11,13H2,1-2H3,(H,22,23). The molecular formula is C20H20N2OS2. The van der Waals surface area contributed by atoms with Crippen LogP contribution in [0.25, 0.3) is 0 Å². The van der Waals surface area contributed by atoms with Crippen LogP contribution in [0.15, 0.2) is 59.1 Å². The van der Waals surface area contributed by atoms with Crippen LogP contribution in [0.4, 0.5) is 5.69 Å². The van der Waals surface area contributed by atoms with Gasteiger partial charge in [-0.15, -0.1) is 11.3 Å². The number of hydrogen-bond acceptors (Lipinski definition) is 4. The van der Waals surface area contributed by atoms with Crippen LogP contribution in [0, 0.1) is 13.8 Å². The van der Waals surface area contributed by atoms with Crippen molar-refractivity contribution in [2.24, 2.45) is 0 Å². The minimum atomic E-state index is -0.0101. The molecule has 0 saturated carbocycles. The number of anilines is 1. The quantitative estimate of drug-likeness (QED) is 0.617. The van der Waals surface area contributed by atoms with Crippen molar-refractivity contribution in [1.29, 1.82) is 0 Å². The molecule has 128 valence electrons. The van der Waals surface area contributed by atoms with Crippen LogP contribution in [0.1, 0.15) is 21.6 Å². The van der Waals surface area contributed by atoms with Gasteiger partial charge in [-0.25, -0.2) is 4.98 Å². The summed E-state index contributed by atoms with van der Waals surface area (Å²) in [5.74, 6) is 0.356. The van der Waals surface area contributed by atoms with Gasteiger partial charge in [0.05, 0.1) is 5.75 Å². The van der Waals surface area contributed by atoms with Crippen LogP contribution in [0.5, 0.6) is 0 Å². The van der Waals surface area contributed by atoms with Crippen molar-refractivity contribution in [2.45, 2.75) is 24.6 Å². The van der Waals surface area contributed by atoms with E-state index in [0.717, 1.165) is 16.4 Å². The Morgan fingerprint density at radius 2 is 1.68 bits per heavy atom. The summed E-state index contributed by atoms with van der Waals surface area (Å²) in [6.07, 6.45) is 2.79. The van der Waals surface area contributed by atoms with E-state index >= 15 is 0 Å². The SMILES string of the molecule is Cc1ccc(Cc2cnc(SCC(=O)Nc3ccc(C)cc3)s2)cc1. The number of carbonyl (C=O) groups is 1. The van der Waals surface area contributed by atoms with Crippen LogP contribution in [-0.4, -0.2) is 16.6 Å². The number of carbonyl (C=O) groups excluding carboxylic acids is 1. The normalized spacial score (nSPS) is 10.6. The van der Waals surface area contributed by atoms with E-state index in [2.05, 4.69) is 41.5 Å². The Hall–Kier alpha value is -2.11. The molecule has 0 unspecified atom stereocenters. The molecule has 3 aromatic rings. The molecule has 0 aliphatic heterocycles. The molecule has 0 bridgehead atoms. The van der Waals surface area contributed by atoms with Gasteiger partial charge in [-0.05, 0) is 31.5 Å². The summed E-state index contributed by atoms with van der Waals surface area (Å²) in [6.45, 7) is 4.12. The van der Waals surface area contributed by atoms with E-state index in [1.165, 1.54) is 33.3 Å². The molecule has 1 heterocycles. The van der Waals surface area contributed by atoms with Crippen molar-refractivity contribution in [2.75, 3.05) is 11.1 Å². The zero-order valence-electron chi connectivity index (χ0n) is 14.3. The number of aryl methyl sites for hydroxylation is 2. The maximum absolute atomic E-state index is 12.0. The number of aromatic nitrogens is 1. The predicted molar refractivity (Wildman–Crippen MR) is 107 cm³/mol. The fraction of sp³-hybridized carbons (Fsp3) is 0.200. The van der Waals surface area contributed by atoms with Gasteiger partial charge >= 0.3 is 0 Å². The molecule has 3 nitrogen and oxygen atoms in total. The monoisotopic (exact) mass is 368 g/mol. The Bertz CT molecular complexity index is 839. The Morgan fingerprint density at radius 3 is 2.36 bits per heavy atom. The average molecular weight is 369 g/mol. The minimum absolute atomic E-state index is 0.0101. The zero-order chi connectivity index (χ0) is 17.6. The first kappa shape index (κ1) is 17.7. The molecule has 0 saturated heterocycles. The number of hydrogen-bond donors (Lipinski definition) is 1. The minimum Gasteiger partial charge on any atom is -0.325 e.